The lowest BCUT2D eigenvalue weighted by Crippen LogP contribution is -2.42. The Morgan fingerprint density at radius 1 is 1.22 bits per heavy atom. The van der Waals surface area contributed by atoms with Crippen LogP contribution in [0.4, 0.5) is 4.79 Å². The van der Waals surface area contributed by atoms with Crippen molar-refractivity contribution in [2.45, 2.75) is 4.90 Å². The molecule has 10 nitrogen and oxygen atoms in total. The van der Waals surface area contributed by atoms with Gasteiger partial charge in [0.2, 0.25) is 0 Å². The first-order chi connectivity index (χ1) is 15.3. The maximum atomic E-state index is 13.1. The van der Waals surface area contributed by atoms with E-state index in [-0.39, 0.29) is 32.8 Å². The Bertz CT molecular complexity index is 931. The van der Waals surface area contributed by atoms with Gasteiger partial charge in [-0.3, -0.25) is 15.0 Å². The first-order valence-corrected chi connectivity index (χ1v) is 11.3. The van der Waals surface area contributed by atoms with Gasteiger partial charge in [-0.15, -0.1) is 9.24 Å². The minimum absolute atomic E-state index is 0.0900. The number of amides is 2. The van der Waals surface area contributed by atoms with Crippen molar-refractivity contribution in [1.82, 2.24) is 19.7 Å². The number of nitrogens with one attached hydrogen (secondary N) is 1. The van der Waals surface area contributed by atoms with Crippen molar-refractivity contribution < 1.29 is 28.5 Å². The lowest BCUT2D eigenvalue weighted by atomic mass is 10.1. The molecule has 2 amide bonds. The number of rotatable bonds is 11. The summed E-state index contributed by atoms with van der Waals surface area (Å²) in [4.78, 5) is 29.7. The third kappa shape index (κ3) is 7.92. The van der Waals surface area contributed by atoms with Crippen molar-refractivity contribution in [3.63, 3.8) is 0 Å². The first kappa shape index (κ1) is 25.8. The number of carbonyl (C=O) groups excluding carboxylic acids is 2. The zero-order valence-corrected chi connectivity index (χ0v) is 19.9. The van der Waals surface area contributed by atoms with Gasteiger partial charge in [0, 0.05) is 39.0 Å². The number of ether oxygens (including phenoxy) is 2. The highest BCUT2D eigenvalue weighted by Gasteiger charge is 2.21. The highest BCUT2D eigenvalue weighted by molar-refractivity contribution is 7.82. The number of hydroxylamine groups is 1. The van der Waals surface area contributed by atoms with E-state index in [1.54, 1.807) is 12.1 Å². The number of aromatic nitrogens is 1. The standard InChI is InChI=1S/C20H27N4O6PS/c1-23(20(26)30-11-10-29-2)8-9-24(14-19(25)22-27)32(28)17-6-7-18(21-13-17)15-4-3-5-16(31)12-15/h3-7,12-13,27H,8-11,14,31H2,1-2H3,(H,22,25). The molecule has 12 heteroatoms. The second-order valence-electron chi connectivity index (χ2n) is 6.68. The minimum atomic E-state index is -1.75. The van der Waals surface area contributed by atoms with Crippen LogP contribution in [0, 0.1) is 0 Å². The quantitative estimate of drug-likeness (QED) is 0.210. The van der Waals surface area contributed by atoms with E-state index in [1.165, 1.54) is 35.0 Å². The Hall–Kier alpha value is -2.43. The van der Waals surface area contributed by atoms with Gasteiger partial charge >= 0.3 is 6.09 Å². The number of hydrogen-bond donors (Lipinski definition) is 2. The van der Waals surface area contributed by atoms with Gasteiger partial charge in [0.15, 0.2) is 0 Å². The average Bonchev–Trinajstić information content (AvgIpc) is 2.81. The van der Waals surface area contributed by atoms with Crippen molar-refractivity contribution in [3.05, 3.63) is 42.6 Å². The molecule has 2 unspecified atom stereocenters. The molecule has 0 spiro atoms. The largest absolute Gasteiger partial charge is 0.447 e. The Morgan fingerprint density at radius 3 is 2.62 bits per heavy atom. The highest BCUT2D eigenvalue weighted by atomic mass is 32.2. The van der Waals surface area contributed by atoms with Crippen LogP contribution in [0.1, 0.15) is 0 Å². The molecule has 0 saturated carbocycles. The summed E-state index contributed by atoms with van der Waals surface area (Å²) in [7, 11) is 3.90. The summed E-state index contributed by atoms with van der Waals surface area (Å²) >= 11 is 0. The molecule has 0 saturated heterocycles. The smallest absolute Gasteiger partial charge is 0.409 e. The molecule has 1 aromatic carbocycles. The molecule has 0 bridgehead atoms. The van der Waals surface area contributed by atoms with E-state index in [0.717, 1.165) is 10.9 Å². The van der Waals surface area contributed by atoms with Crippen LogP contribution in [0.3, 0.4) is 0 Å². The van der Waals surface area contributed by atoms with E-state index in [2.05, 4.69) is 14.2 Å². The van der Waals surface area contributed by atoms with Crippen LogP contribution in [0.15, 0.2) is 47.5 Å². The number of pyridine rings is 1. The second kappa shape index (κ2) is 13.2. The van der Waals surface area contributed by atoms with Crippen molar-refractivity contribution in [3.8, 4) is 11.3 Å². The molecule has 0 aliphatic heterocycles. The second-order valence-corrected chi connectivity index (χ2v) is 8.83. The fraction of sp³-hybridized carbons (Fsp3) is 0.350. The lowest BCUT2D eigenvalue weighted by Gasteiger charge is -2.23. The molecule has 2 atom stereocenters. The van der Waals surface area contributed by atoms with E-state index < -0.39 is 23.0 Å². The molecular weight excluding hydrogens is 455 g/mol. The zero-order chi connectivity index (χ0) is 23.5. The number of carbonyl (C=O) groups is 2. The third-order valence-corrected chi connectivity index (χ3v) is 6.09. The summed E-state index contributed by atoms with van der Waals surface area (Å²) in [5.74, 6) is -0.731. The van der Waals surface area contributed by atoms with Gasteiger partial charge in [0.1, 0.15) is 17.6 Å². The monoisotopic (exact) mass is 482 g/mol. The number of likely N-dealkylation sites (N-methyl/N-ethyl adjacent to an activating group) is 1. The van der Waals surface area contributed by atoms with Gasteiger partial charge in [-0.2, -0.15) is 0 Å². The molecule has 2 aromatic rings. The van der Waals surface area contributed by atoms with Crippen molar-refractivity contribution in [1.29, 1.82) is 0 Å². The van der Waals surface area contributed by atoms with Crippen molar-refractivity contribution in [2.75, 3.05) is 47.0 Å². The summed E-state index contributed by atoms with van der Waals surface area (Å²) in [5, 5.41) is 9.89. The summed E-state index contributed by atoms with van der Waals surface area (Å²) in [5.41, 5.74) is 3.16. The zero-order valence-electron chi connectivity index (χ0n) is 17.9. The number of hydrogen-bond acceptors (Lipinski definition) is 7. The van der Waals surface area contributed by atoms with Gasteiger partial charge in [-0.05, 0) is 23.5 Å². The Labute approximate surface area is 191 Å². The van der Waals surface area contributed by atoms with Crippen LogP contribution in [0.25, 0.3) is 11.3 Å². The van der Waals surface area contributed by atoms with Crippen molar-refractivity contribution in [2.24, 2.45) is 0 Å². The average molecular weight is 482 g/mol. The van der Waals surface area contributed by atoms with Gasteiger partial charge in [-0.25, -0.2) is 18.8 Å². The third-order valence-electron chi connectivity index (χ3n) is 4.31. The Kier molecular flexibility index (Phi) is 10.6. The molecule has 2 rings (SSSR count). The molecule has 1 heterocycles. The summed E-state index contributed by atoms with van der Waals surface area (Å²) in [6.45, 7) is 0.276. The number of benzene rings is 1. The van der Waals surface area contributed by atoms with Crippen LogP contribution < -0.4 is 10.8 Å². The molecule has 2 N–H and O–H groups in total. The Balaban J connectivity index is 2.08. The van der Waals surface area contributed by atoms with Gasteiger partial charge in [-0.1, -0.05) is 18.2 Å². The molecule has 0 fully saturated rings. The molecule has 1 aromatic heterocycles. The fourth-order valence-corrected chi connectivity index (χ4v) is 3.99. The number of methoxy groups -OCH3 is 1. The summed E-state index contributed by atoms with van der Waals surface area (Å²) < 4.78 is 24.3. The number of nitrogens with zero attached hydrogens (tertiary/aromatic N) is 3. The fourth-order valence-electron chi connectivity index (χ4n) is 2.59. The van der Waals surface area contributed by atoms with Crippen LogP contribution in [0.2, 0.25) is 0 Å². The molecule has 32 heavy (non-hydrogen) atoms. The Morgan fingerprint density at radius 2 is 2.00 bits per heavy atom. The van der Waals surface area contributed by atoms with Crippen molar-refractivity contribution >= 4 is 37.5 Å². The van der Waals surface area contributed by atoms with E-state index in [1.807, 2.05) is 24.3 Å². The highest BCUT2D eigenvalue weighted by Crippen LogP contribution is 2.18. The van der Waals surface area contributed by atoms with E-state index in [4.69, 9.17) is 14.7 Å². The van der Waals surface area contributed by atoms with Gasteiger partial charge in [0.05, 0.1) is 23.7 Å². The summed E-state index contributed by atoms with van der Waals surface area (Å²) in [6.07, 6.45) is 0.912. The minimum Gasteiger partial charge on any atom is -0.447 e. The molecule has 174 valence electrons. The van der Waals surface area contributed by atoms with Crippen LogP contribution >= 0.6 is 9.24 Å². The predicted octanol–water partition coefficient (Wildman–Crippen LogP) is 0.794. The predicted molar refractivity (Wildman–Crippen MR) is 123 cm³/mol. The SMILES string of the molecule is COCCOC(=O)N(C)CCN(CC(=O)NO)S(=O)c1ccc(-c2cccc(P)c2)nc1. The first-order valence-electron chi connectivity index (χ1n) is 9.64. The van der Waals surface area contributed by atoms with Crippen LogP contribution in [0.5, 0.6) is 0 Å². The molecular formula is C20H27N4O6PS. The van der Waals surface area contributed by atoms with Gasteiger partial charge < -0.3 is 14.4 Å². The maximum Gasteiger partial charge on any atom is 0.409 e. The summed E-state index contributed by atoms with van der Waals surface area (Å²) in [6, 6.07) is 11.2. The van der Waals surface area contributed by atoms with Crippen LogP contribution in [-0.4, -0.2) is 82.6 Å². The van der Waals surface area contributed by atoms with E-state index in [9.17, 15) is 13.8 Å². The van der Waals surface area contributed by atoms with Gasteiger partial charge in [0.25, 0.3) is 5.91 Å². The lowest BCUT2D eigenvalue weighted by molar-refractivity contribution is -0.129. The topological polar surface area (TPSA) is 121 Å². The maximum absolute atomic E-state index is 13.1. The van der Waals surface area contributed by atoms with E-state index in [0.29, 0.717) is 10.6 Å². The normalized spacial score (nSPS) is 11.8. The van der Waals surface area contributed by atoms with E-state index >= 15 is 0 Å². The molecule has 0 radical (unpaired) electrons. The van der Waals surface area contributed by atoms with Crippen LogP contribution in [-0.2, 0) is 25.3 Å². The molecule has 0 aliphatic rings. The molecule has 0 aliphatic carbocycles.